The normalized spacial score (nSPS) is 54.6. The molecule has 0 aromatic carbocycles. The van der Waals surface area contributed by atoms with Gasteiger partial charge in [0.05, 0.1) is 37.6 Å². The van der Waals surface area contributed by atoms with Crippen molar-refractivity contribution >= 4 is 0 Å². The van der Waals surface area contributed by atoms with Crippen molar-refractivity contribution in [3.8, 4) is 0 Å². The summed E-state index contributed by atoms with van der Waals surface area (Å²) in [6.07, 6.45) is 8.86. The van der Waals surface area contributed by atoms with E-state index in [4.69, 9.17) is 18.9 Å². The average molecular weight is 698 g/mol. The number of aliphatic hydroxyl groups is 4. The first-order valence-electron chi connectivity index (χ1n) is 13.6. The predicted molar refractivity (Wildman–Crippen MR) is 134 cm³/mol. The fraction of sp³-hybridized carbons (Fsp3) is 0.862. The molecule has 4 N–H and O–H groups in total. The van der Waals surface area contributed by atoms with E-state index in [1.54, 1.807) is 0 Å². The van der Waals surface area contributed by atoms with Crippen LogP contribution in [-0.2, 0) is 84.4 Å². The molecule has 6 aliphatic carbocycles. The molecule has 0 amide bonds. The monoisotopic (exact) mass is 698 g/mol. The number of ether oxygens (including phenoxy) is 4. The van der Waals surface area contributed by atoms with Crippen LogP contribution in [0.5, 0.6) is 0 Å². The van der Waals surface area contributed by atoms with Crippen molar-refractivity contribution in [3.05, 3.63) is 24.3 Å². The molecular weight excluding hydrogens is 654 g/mol. The molecule has 2 saturated heterocycles. The molecule has 10 heteroatoms. The van der Waals surface area contributed by atoms with Crippen molar-refractivity contribution in [1.82, 2.24) is 0 Å². The van der Waals surface area contributed by atoms with E-state index < -0.39 is 23.8 Å². The molecule has 214 valence electrons. The molecule has 8 nitrogen and oxygen atoms in total. The Hall–Kier alpha value is 1.37. The van der Waals surface area contributed by atoms with E-state index >= 15 is 0 Å². The molecule has 0 spiro atoms. The molecular formula is C29H44O8Y2. The van der Waals surface area contributed by atoms with Gasteiger partial charge in [-0.25, -0.2) is 0 Å². The summed E-state index contributed by atoms with van der Waals surface area (Å²) in [6, 6.07) is 0. The second-order valence-electron chi connectivity index (χ2n) is 13.4. The van der Waals surface area contributed by atoms with Crippen molar-refractivity contribution in [2.24, 2.45) is 46.3 Å². The van der Waals surface area contributed by atoms with E-state index in [2.05, 4.69) is 24.3 Å². The van der Waals surface area contributed by atoms with E-state index in [-0.39, 0.29) is 133 Å². The first-order valence-corrected chi connectivity index (χ1v) is 13.6. The van der Waals surface area contributed by atoms with Crippen LogP contribution in [0.1, 0.15) is 48.0 Å². The molecule has 0 aromatic heterocycles. The molecule has 2 heterocycles. The van der Waals surface area contributed by atoms with Crippen molar-refractivity contribution in [1.29, 1.82) is 0 Å². The van der Waals surface area contributed by atoms with Crippen molar-refractivity contribution < 1.29 is 105 Å². The molecule has 6 unspecified atom stereocenters. The summed E-state index contributed by atoms with van der Waals surface area (Å²) >= 11 is 0. The third-order valence-electron chi connectivity index (χ3n) is 11.1. The number of hydrogen-bond acceptors (Lipinski definition) is 8. The van der Waals surface area contributed by atoms with Gasteiger partial charge in [0.2, 0.25) is 0 Å². The molecule has 8 rings (SSSR count). The van der Waals surface area contributed by atoms with Gasteiger partial charge in [0.15, 0.2) is 11.6 Å². The largest absolute Gasteiger partial charge is 0.396 e. The van der Waals surface area contributed by atoms with E-state index in [9.17, 15) is 20.4 Å². The van der Waals surface area contributed by atoms with Gasteiger partial charge >= 0.3 is 0 Å². The Bertz CT molecular complexity index is 926. The zero-order valence-electron chi connectivity index (χ0n) is 22.6. The van der Waals surface area contributed by atoms with E-state index in [0.29, 0.717) is 23.7 Å². The summed E-state index contributed by atoms with van der Waals surface area (Å²) in [4.78, 5) is 0. The minimum absolute atomic E-state index is 0. The second-order valence-corrected chi connectivity index (χ2v) is 13.4. The Labute approximate surface area is 282 Å². The van der Waals surface area contributed by atoms with E-state index in [1.807, 2.05) is 27.7 Å². The number of aliphatic hydroxyl groups excluding tert-OH is 4. The number of hydrogen-bond donors (Lipinski definition) is 4. The summed E-state index contributed by atoms with van der Waals surface area (Å²) in [5.41, 5.74) is -0.672. The minimum Gasteiger partial charge on any atom is -0.396 e. The third-order valence-corrected chi connectivity index (χ3v) is 11.1. The molecule has 2 radical (unpaired) electrons. The van der Waals surface area contributed by atoms with E-state index in [0.717, 1.165) is 12.8 Å². The van der Waals surface area contributed by atoms with Crippen molar-refractivity contribution in [3.63, 3.8) is 0 Å². The summed E-state index contributed by atoms with van der Waals surface area (Å²) in [7, 11) is 0. The van der Waals surface area contributed by atoms with Crippen LogP contribution in [0.25, 0.3) is 0 Å². The zero-order chi connectivity index (χ0) is 25.4. The zero-order valence-corrected chi connectivity index (χ0v) is 28.3. The summed E-state index contributed by atoms with van der Waals surface area (Å²) in [6.45, 7) is 7.65. The molecule has 4 bridgehead atoms. The molecule has 6 fully saturated rings. The Kier molecular flexibility index (Phi) is 9.18. The predicted octanol–water partition coefficient (Wildman–Crippen LogP) is 1.99. The maximum atomic E-state index is 10.6. The molecule has 8 aliphatic rings. The Morgan fingerprint density at radius 3 is 1.33 bits per heavy atom. The van der Waals surface area contributed by atoms with Gasteiger partial charge in [-0.15, -0.1) is 0 Å². The molecule has 39 heavy (non-hydrogen) atoms. The topological polar surface area (TPSA) is 118 Å². The average Bonchev–Trinajstić information content (AvgIpc) is 3.66. The molecule has 2 aliphatic heterocycles. The summed E-state index contributed by atoms with van der Waals surface area (Å²) in [5.74, 6) is 0.243. The summed E-state index contributed by atoms with van der Waals surface area (Å²) in [5, 5.41) is 41.1. The molecule has 4 saturated carbocycles. The maximum absolute atomic E-state index is 10.6. The van der Waals surface area contributed by atoms with Gasteiger partial charge in [0, 0.05) is 88.1 Å². The van der Waals surface area contributed by atoms with Gasteiger partial charge in [-0.2, -0.15) is 0 Å². The first-order chi connectivity index (χ1) is 17.0. The van der Waals surface area contributed by atoms with Crippen LogP contribution in [-0.4, -0.2) is 81.8 Å². The second kappa shape index (κ2) is 10.8. The number of rotatable bonds is 2. The van der Waals surface area contributed by atoms with Gasteiger partial charge in [0.1, 0.15) is 12.2 Å². The molecule has 14 atom stereocenters. The number of fused-ring (bicyclic) bond motifs is 14. The SMILES string of the molecule is C.CC1(C)O[C@H]2[C@@H](O1)[C@]1(CO)C3C=CC(C3)C1[C@@H]2O.CC1(C)O[C@H]2[C@H](O)C3C4C=CC(C4)[C@]3(CO)[C@H]2O1.[Y].[Y]. The van der Waals surface area contributed by atoms with Gasteiger partial charge in [-0.05, 0) is 64.2 Å². The third kappa shape index (κ3) is 4.28. The quantitative estimate of drug-likeness (QED) is 0.324. The fourth-order valence-corrected chi connectivity index (χ4v) is 9.96. The van der Waals surface area contributed by atoms with Crippen LogP contribution in [0.3, 0.4) is 0 Å². The molecule has 0 aromatic rings. The van der Waals surface area contributed by atoms with Crippen LogP contribution in [0.15, 0.2) is 24.3 Å². The van der Waals surface area contributed by atoms with Crippen LogP contribution in [0.2, 0.25) is 0 Å². The van der Waals surface area contributed by atoms with Crippen molar-refractivity contribution in [2.45, 2.75) is 96.2 Å². The van der Waals surface area contributed by atoms with Crippen LogP contribution in [0.4, 0.5) is 0 Å². The van der Waals surface area contributed by atoms with Crippen LogP contribution < -0.4 is 0 Å². The Morgan fingerprint density at radius 1 is 0.641 bits per heavy atom. The van der Waals surface area contributed by atoms with Crippen LogP contribution in [0, 0.1) is 46.3 Å². The Morgan fingerprint density at radius 2 is 1.00 bits per heavy atom. The van der Waals surface area contributed by atoms with Crippen molar-refractivity contribution in [2.75, 3.05) is 13.2 Å². The van der Waals surface area contributed by atoms with Gasteiger partial charge in [-0.1, -0.05) is 31.7 Å². The van der Waals surface area contributed by atoms with Gasteiger partial charge < -0.3 is 39.4 Å². The van der Waals surface area contributed by atoms with Gasteiger partial charge in [0.25, 0.3) is 0 Å². The number of allylic oxidation sites excluding steroid dienone is 4. The fourth-order valence-electron chi connectivity index (χ4n) is 9.96. The standard InChI is InChI=1S/2C14H20O4.CH4.2Y/c2*1-13(2)17-11-10(16)9-7-3-4-8(5-7)14(9,6-15)12(11)18-13;;;/h2*3-4,7-12,15-16H,5-6H2,1-2H3;1H4;;/t2*7?,8?,9?,10-,11+,12+,14+;;;/m10.../s1. The summed E-state index contributed by atoms with van der Waals surface area (Å²) < 4.78 is 23.8. The minimum atomic E-state index is -0.658. The van der Waals surface area contributed by atoms with Gasteiger partial charge in [-0.3, -0.25) is 0 Å². The maximum Gasteiger partial charge on any atom is 0.163 e. The Balaban J connectivity index is 0.000000168. The van der Waals surface area contributed by atoms with Crippen LogP contribution >= 0.6 is 0 Å². The first kappa shape index (κ1) is 33.3. The smallest absolute Gasteiger partial charge is 0.163 e. The van der Waals surface area contributed by atoms with E-state index in [1.165, 1.54) is 0 Å².